The van der Waals surface area contributed by atoms with Gasteiger partial charge in [-0.3, -0.25) is 14.4 Å². The number of Topliss-reactive ketones (excluding diaryl/α,β-unsaturated/α-hetero) is 1. The number of aromatic nitrogens is 2. The van der Waals surface area contributed by atoms with Gasteiger partial charge in [0.2, 0.25) is 0 Å². The van der Waals surface area contributed by atoms with Crippen LogP contribution in [0.5, 0.6) is 0 Å². The van der Waals surface area contributed by atoms with Gasteiger partial charge >= 0.3 is 0 Å². The highest BCUT2D eigenvalue weighted by Gasteiger charge is 2.36. The standard InChI is InChI=1S/C16H29N3O/c1-7-13-11-14(19(10-4)17-13)12-15(20)16(8-2,9-3)18(5)6/h11H,7-10,12H2,1-6H3. The number of nitrogens with zero attached hydrogens (tertiary/aromatic N) is 3. The van der Waals surface area contributed by atoms with Gasteiger partial charge in [-0.2, -0.15) is 5.10 Å². The number of ketones is 1. The largest absolute Gasteiger partial charge is 0.297 e. The van der Waals surface area contributed by atoms with Crippen molar-refractivity contribution in [3.05, 3.63) is 17.5 Å². The molecule has 1 heterocycles. The Kier molecular flexibility index (Phi) is 5.93. The lowest BCUT2D eigenvalue weighted by Gasteiger charge is -2.37. The van der Waals surface area contributed by atoms with Crippen LogP contribution in [0.15, 0.2) is 6.07 Å². The molecule has 4 heteroatoms. The Morgan fingerprint density at radius 1 is 1.25 bits per heavy atom. The Hall–Kier alpha value is -1.16. The van der Waals surface area contributed by atoms with Crippen molar-refractivity contribution in [2.75, 3.05) is 14.1 Å². The maximum Gasteiger partial charge on any atom is 0.158 e. The zero-order chi connectivity index (χ0) is 15.3. The topological polar surface area (TPSA) is 38.1 Å². The second-order valence-corrected chi connectivity index (χ2v) is 5.53. The lowest BCUT2D eigenvalue weighted by Crippen LogP contribution is -2.51. The third-order valence-corrected chi connectivity index (χ3v) is 4.46. The summed E-state index contributed by atoms with van der Waals surface area (Å²) < 4.78 is 1.96. The first-order valence-corrected chi connectivity index (χ1v) is 7.71. The molecule has 0 atom stereocenters. The molecular weight excluding hydrogens is 250 g/mol. The van der Waals surface area contributed by atoms with Crippen LogP contribution in [0.3, 0.4) is 0 Å². The second-order valence-electron chi connectivity index (χ2n) is 5.53. The predicted octanol–water partition coefficient (Wildman–Crippen LogP) is 2.70. The summed E-state index contributed by atoms with van der Waals surface area (Å²) in [6.45, 7) is 9.16. The number of carbonyl (C=O) groups is 1. The van der Waals surface area contributed by atoms with E-state index in [2.05, 4.69) is 43.8 Å². The van der Waals surface area contributed by atoms with E-state index in [4.69, 9.17) is 0 Å². The highest BCUT2D eigenvalue weighted by molar-refractivity contribution is 5.89. The summed E-state index contributed by atoms with van der Waals surface area (Å²) >= 11 is 0. The van der Waals surface area contributed by atoms with Gasteiger partial charge in [-0.1, -0.05) is 20.8 Å². The van der Waals surface area contributed by atoms with Crippen molar-refractivity contribution in [3.8, 4) is 0 Å². The minimum absolute atomic E-state index is 0.296. The molecule has 0 spiro atoms. The Bertz CT molecular complexity index is 445. The third-order valence-electron chi connectivity index (χ3n) is 4.46. The number of hydrogen-bond donors (Lipinski definition) is 0. The summed E-state index contributed by atoms with van der Waals surface area (Å²) in [4.78, 5) is 14.9. The molecule has 1 aromatic heterocycles. The minimum Gasteiger partial charge on any atom is -0.297 e. The molecule has 0 amide bonds. The summed E-state index contributed by atoms with van der Waals surface area (Å²) in [5.41, 5.74) is 1.76. The molecule has 0 N–H and O–H groups in total. The lowest BCUT2D eigenvalue weighted by atomic mass is 9.84. The molecule has 0 saturated heterocycles. The van der Waals surface area contributed by atoms with E-state index in [-0.39, 0.29) is 5.54 Å². The molecule has 1 rings (SSSR count). The van der Waals surface area contributed by atoms with Gasteiger partial charge in [-0.25, -0.2) is 0 Å². The van der Waals surface area contributed by atoms with E-state index in [0.29, 0.717) is 12.2 Å². The molecule has 0 aromatic carbocycles. The van der Waals surface area contributed by atoms with Crippen molar-refractivity contribution in [2.45, 2.75) is 65.5 Å². The van der Waals surface area contributed by atoms with Crippen LogP contribution in [-0.2, 0) is 24.2 Å². The van der Waals surface area contributed by atoms with E-state index in [1.54, 1.807) is 0 Å². The van der Waals surface area contributed by atoms with Gasteiger partial charge in [0.25, 0.3) is 0 Å². The highest BCUT2D eigenvalue weighted by Crippen LogP contribution is 2.24. The van der Waals surface area contributed by atoms with Gasteiger partial charge in [0.05, 0.1) is 17.7 Å². The molecule has 1 aromatic rings. The quantitative estimate of drug-likeness (QED) is 0.734. The lowest BCUT2D eigenvalue weighted by molar-refractivity contribution is -0.129. The first-order chi connectivity index (χ1) is 9.44. The molecule has 0 radical (unpaired) electrons. The molecule has 4 nitrogen and oxygen atoms in total. The molecular formula is C16H29N3O. The van der Waals surface area contributed by atoms with E-state index < -0.39 is 0 Å². The average Bonchev–Trinajstić information content (AvgIpc) is 2.82. The number of aryl methyl sites for hydroxylation is 2. The molecule has 0 bridgehead atoms. The van der Waals surface area contributed by atoms with Crippen LogP contribution in [0.4, 0.5) is 0 Å². The maximum absolute atomic E-state index is 12.8. The minimum atomic E-state index is -0.352. The summed E-state index contributed by atoms with van der Waals surface area (Å²) in [6, 6.07) is 2.08. The van der Waals surface area contributed by atoms with Gasteiger partial charge in [0, 0.05) is 12.2 Å². The Labute approximate surface area is 123 Å². The van der Waals surface area contributed by atoms with Crippen LogP contribution in [0.1, 0.15) is 51.9 Å². The van der Waals surface area contributed by atoms with E-state index in [0.717, 1.165) is 37.2 Å². The van der Waals surface area contributed by atoms with Crippen LogP contribution in [0.2, 0.25) is 0 Å². The molecule has 0 fully saturated rings. The fourth-order valence-electron chi connectivity index (χ4n) is 2.96. The van der Waals surface area contributed by atoms with E-state index >= 15 is 0 Å². The number of hydrogen-bond acceptors (Lipinski definition) is 3. The van der Waals surface area contributed by atoms with Crippen molar-refractivity contribution in [1.82, 2.24) is 14.7 Å². The van der Waals surface area contributed by atoms with Crippen molar-refractivity contribution in [1.29, 1.82) is 0 Å². The van der Waals surface area contributed by atoms with Crippen LogP contribution < -0.4 is 0 Å². The monoisotopic (exact) mass is 279 g/mol. The Morgan fingerprint density at radius 3 is 2.25 bits per heavy atom. The third kappa shape index (κ3) is 3.11. The van der Waals surface area contributed by atoms with Crippen LogP contribution >= 0.6 is 0 Å². The SMILES string of the molecule is CCc1cc(CC(=O)C(CC)(CC)N(C)C)n(CC)n1. The van der Waals surface area contributed by atoms with Gasteiger partial charge < -0.3 is 0 Å². The van der Waals surface area contributed by atoms with Crippen molar-refractivity contribution < 1.29 is 4.79 Å². The summed E-state index contributed by atoms with van der Waals surface area (Å²) in [5.74, 6) is 0.296. The zero-order valence-corrected chi connectivity index (χ0v) is 13.9. The first kappa shape index (κ1) is 16.9. The molecule has 0 saturated carbocycles. The maximum atomic E-state index is 12.8. The second kappa shape index (κ2) is 7.02. The normalized spacial score (nSPS) is 12.2. The zero-order valence-electron chi connectivity index (χ0n) is 13.9. The van der Waals surface area contributed by atoms with Gasteiger partial charge in [0.15, 0.2) is 5.78 Å². The fourth-order valence-corrected chi connectivity index (χ4v) is 2.96. The van der Waals surface area contributed by atoms with Crippen molar-refractivity contribution in [3.63, 3.8) is 0 Å². The molecule has 0 aliphatic carbocycles. The first-order valence-electron chi connectivity index (χ1n) is 7.71. The molecule has 0 aliphatic heterocycles. The smallest absolute Gasteiger partial charge is 0.158 e. The molecule has 0 unspecified atom stereocenters. The Morgan fingerprint density at radius 2 is 1.85 bits per heavy atom. The van der Waals surface area contributed by atoms with E-state index in [1.807, 2.05) is 18.8 Å². The van der Waals surface area contributed by atoms with E-state index in [1.165, 1.54) is 0 Å². The predicted molar refractivity (Wildman–Crippen MR) is 83.0 cm³/mol. The van der Waals surface area contributed by atoms with Gasteiger partial charge in [0.1, 0.15) is 0 Å². The number of rotatable bonds is 8. The van der Waals surface area contributed by atoms with Crippen LogP contribution in [0, 0.1) is 0 Å². The highest BCUT2D eigenvalue weighted by atomic mass is 16.1. The Balaban J connectivity index is 3.02. The number of carbonyl (C=O) groups excluding carboxylic acids is 1. The van der Waals surface area contributed by atoms with Crippen molar-refractivity contribution >= 4 is 5.78 Å². The van der Waals surface area contributed by atoms with Crippen LogP contribution in [0.25, 0.3) is 0 Å². The molecule has 0 aliphatic rings. The summed E-state index contributed by atoms with van der Waals surface area (Å²) in [7, 11) is 4.00. The van der Waals surface area contributed by atoms with Crippen LogP contribution in [-0.4, -0.2) is 40.1 Å². The molecule has 20 heavy (non-hydrogen) atoms. The summed E-state index contributed by atoms with van der Waals surface area (Å²) in [5, 5.41) is 4.53. The number of likely N-dealkylation sites (N-methyl/N-ethyl adjacent to an activating group) is 1. The van der Waals surface area contributed by atoms with Crippen molar-refractivity contribution in [2.24, 2.45) is 0 Å². The molecule has 114 valence electrons. The van der Waals surface area contributed by atoms with Gasteiger partial charge in [-0.15, -0.1) is 0 Å². The van der Waals surface area contributed by atoms with E-state index in [9.17, 15) is 4.79 Å². The van der Waals surface area contributed by atoms with Gasteiger partial charge in [-0.05, 0) is 46.3 Å². The fraction of sp³-hybridized carbons (Fsp3) is 0.750. The summed E-state index contributed by atoms with van der Waals surface area (Å²) in [6.07, 6.45) is 3.07. The average molecular weight is 279 g/mol.